The zero-order chi connectivity index (χ0) is 15.6. The van der Waals surface area contributed by atoms with Gasteiger partial charge in [0.25, 0.3) is 0 Å². The average Bonchev–Trinajstić information content (AvgIpc) is 2.40. The van der Waals surface area contributed by atoms with E-state index in [1.165, 1.54) is 11.8 Å². The van der Waals surface area contributed by atoms with Gasteiger partial charge in [-0.3, -0.25) is 0 Å². The Hall–Kier alpha value is -2.36. The fraction of sp³-hybridized carbons (Fsp3) is 0.294. The van der Waals surface area contributed by atoms with Crippen molar-refractivity contribution in [1.29, 1.82) is 0 Å². The summed E-state index contributed by atoms with van der Waals surface area (Å²) in [4.78, 5) is 15.0. The van der Waals surface area contributed by atoms with Crippen molar-refractivity contribution in [2.75, 3.05) is 0 Å². The number of rotatable bonds is 3. The predicted octanol–water partition coefficient (Wildman–Crippen LogP) is 4.18. The van der Waals surface area contributed by atoms with E-state index in [0.29, 0.717) is 5.75 Å². The van der Waals surface area contributed by atoms with Crippen molar-refractivity contribution in [3.8, 4) is 11.5 Å². The normalized spacial score (nSPS) is 11.2. The molecule has 110 valence electrons. The molecule has 0 spiro atoms. The smallest absolute Gasteiger partial charge is 0.358 e. The summed E-state index contributed by atoms with van der Waals surface area (Å²) in [5.74, 6) is -0.218. The van der Waals surface area contributed by atoms with Gasteiger partial charge in [0.2, 0.25) is 0 Å². The lowest BCUT2D eigenvalue weighted by atomic mass is 9.86. The number of pyridine rings is 1. The van der Waals surface area contributed by atoms with Gasteiger partial charge in [0.15, 0.2) is 11.4 Å². The minimum absolute atomic E-state index is 0.0593. The largest absolute Gasteiger partial charge is 0.476 e. The summed E-state index contributed by atoms with van der Waals surface area (Å²) in [6, 6.07) is 9.19. The Labute approximate surface area is 124 Å². The molecule has 0 unspecified atom stereocenters. The number of hydrogen-bond acceptors (Lipinski definition) is 3. The molecule has 1 N–H and O–H groups in total. The highest BCUT2D eigenvalue weighted by molar-refractivity contribution is 5.88. The number of carboxylic acids is 1. The van der Waals surface area contributed by atoms with Gasteiger partial charge in [0, 0.05) is 6.20 Å². The number of nitrogens with zero attached hydrogens (tertiary/aromatic N) is 1. The minimum atomic E-state index is -1.10. The van der Waals surface area contributed by atoms with Crippen molar-refractivity contribution in [1.82, 2.24) is 4.98 Å². The molecule has 0 saturated carbocycles. The molecule has 0 aliphatic carbocycles. The number of aromatic carboxylic acids is 1. The van der Waals surface area contributed by atoms with Gasteiger partial charge in [0.05, 0.1) is 0 Å². The van der Waals surface area contributed by atoms with E-state index in [0.717, 1.165) is 5.56 Å². The van der Waals surface area contributed by atoms with Crippen LogP contribution in [0.4, 0.5) is 0 Å². The number of carbonyl (C=O) groups is 1. The Kier molecular flexibility index (Phi) is 3.98. The number of hydrogen-bond donors (Lipinski definition) is 1. The molecule has 21 heavy (non-hydrogen) atoms. The molecule has 1 aromatic heterocycles. The number of ether oxygens (including phenoxy) is 1. The first-order valence-corrected chi connectivity index (χ1v) is 6.76. The Morgan fingerprint density at radius 3 is 2.48 bits per heavy atom. The molecule has 0 aliphatic heterocycles. The van der Waals surface area contributed by atoms with Crippen LogP contribution < -0.4 is 4.74 Å². The van der Waals surface area contributed by atoms with Gasteiger partial charge in [-0.25, -0.2) is 9.78 Å². The van der Waals surface area contributed by atoms with Crippen LogP contribution in [0, 0.1) is 6.92 Å². The van der Waals surface area contributed by atoms with E-state index in [2.05, 4.69) is 31.8 Å². The van der Waals surface area contributed by atoms with Gasteiger partial charge < -0.3 is 9.84 Å². The molecule has 0 amide bonds. The summed E-state index contributed by atoms with van der Waals surface area (Å²) in [6.07, 6.45) is 1.44. The zero-order valence-corrected chi connectivity index (χ0v) is 12.7. The predicted molar refractivity (Wildman–Crippen MR) is 81.1 cm³/mol. The van der Waals surface area contributed by atoms with Crippen LogP contribution in [0.3, 0.4) is 0 Å². The van der Waals surface area contributed by atoms with Crippen molar-refractivity contribution >= 4 is 5.97 Å². The number of aromatic nitrogens is 1. The Balaban J connectivity index is 2.35. The molecule has 2 rings (SSSR count). The molecule has 0 radical (unpaired) electrons. The third kappa shape index (κ3) is 3.40. The molecule has 2 aromatic rings. The van der Waals surface area contributed by atoms with Gasteiger partial charge in [-0.2, -0.15) is 0 Å². The van der Waals surface area contributed by atoms with Crippen LogP contribution in [0.5, 0.6) is 11.5 Å². The lowest BCUT2D eigenvalue weighted by Gasteiger charge is -2.20. The molecule has 4 heteroatoms. The highest BCUT2D eigenvalue weighted by Crippen LogP contribution is 2.31. The van der Waals surface area contributed by atoms with Gasteiger partial charge in [0.1, 0.15) is 5.75 Å². The lowest BCUT2D eigenvalue weighted by Crippen LogP contribution is -2.11. The van der Waals surface area contributed by atoms with Crippen molar-refractivity contribution in [3.63, 3.8) is 0 Å². The second kappa shape index (κ2) is 5.56. The first-order valence-electron chi connectivity index (χ1n) is 6.76. The van der Waals surface area contributed by atoms with Crippen LogP contribution in [0.2, 0.25) is 0 Å². The average molecular weight is 285 g/mol. The van der Waals surface area contributed by atoms with Crippen LogP contribution in [-0.4, -0.2) is 16.1 Å². The summed E-state index contributed by atoms with van der Waals surface area (Å²) in [7, 11) is 0. The second-order valence-electron chi connectivity index (χ2n) is 5.99. The first kappa shape index (κ1) is 15.0. The first-order chi connectivity index (χ1) is 9.79. The van der Waals surface area contributed by atoms with Gasteiger partial charge in [-0.15, -0.1) is 0 Å². The zero-order valence-electron chi connectivity index (χ0n) is 12.7. The van der Waals surface area contributed by atoms with Crippen molar-refractivity contribution in [2.24, 2.45) is 0 Å². The maximum Gasteiger partial charge on any atom is 0.358 e. The number of benzene rings is 1. The summed E-state index contributed by atoms with van der Waals surface area (Å²) >= 11 is 0. The summed E-state index contributed by atoms with van der Waals surface area (Å²) in [5, 5.41) is 9.12. The summed E-state index contributed by atoms with van der Waals surface area (Å²) in [5.41, 5.74) is 2.14. The van der Waals surface area contributed by atoms with E-state index in [4.69, 9.17) is 9.84 Å². The van der Waals surface area contributed by atoms with E-state index in [1.54, 1.807) is 12.1 Å². The fourth-order valence-electron chi connectivity index (χ4n) is 1.98. The molecule has 0 saturated heterocycles. The standard InChI is InChI=1S/C17H19NO3/c1-11-10-12(17(2,3)4)7-8-13(11)21-14-6-5-9-18-15(14)16(19)20/h5-10H,1-4H3,(H,19,20). The molecule has 4 nitrogen and oxygen atoms in total. The van der Waals surface area contributed by atoms with Crippen LogP contribution in [0.15, 0.2) is 36.5 Å². The van der Waals surface area contributed by atoms with Crippen LogP contribution in [0.1, 0.15) is 42.4 Å². The SMILES string of the molecule is Cc1cc(C(C)(C)C)ccc1Oc1cccnc1C(=O)O. The molecule has 0 bridgehead atoms. The van der Waals surface area contributed by atoms with Crippen LogP contribution in [0.25, 0.3) is 0 Å². The number of aryl methyl sites for hydroxylation is 1. The quantitative estimate of drug-likeness (QED) is 0.919. The van der Waals surface area contributed by atoms with Crippen LogP contribution >= 0.6 is 0 Å². The van der Waals surface area contributed by atoms with Crippen LogP contribution in [-0.2, 0) is 5.41 Å². The van der Waals surface area contributed by atoms with E-state index in [1.807, 2.05) is 19.1 Å². The molecular formula is C17H19NO3. The Morgan fingerprint density at radius 1 is 1.19 bits per heavy atom. The molecule has 1 aromatic carbocycles. The molecule has 0 aliphatic rings. The van der Waals surface area contributed by atoms with E-state index in [9.17, 15) is 4.79 Å². The van der Waals surface area contributed by atoms with E-state index in [-0.39, 0.29) is 16.9 Å². The minimum Gasteiger partial charge on any atom is -0.476 e. The second-order valence-corrected chi connectivity index (χ2v) is 5.99. The highest BCUT2D eigenvalue weighted by Gasteiger charge is 2.17. The van der Waals surface area contributed by atoms with Crippen molar-refractivity contribution in [3.05, 3.63) is 53.3 Å². The van der Waals surface area contributed by atoms with Gasteiger partial charge >= 0.3 is 5.97 Å². The third-order valence-electron chi connectivity index (χ3n) is 3.23. The monoisotopic (exact) mass is 285 g/mol. The molecule has 1 heterocycles. The fourth-order valence-corrected chi connectivity index (χ4v) is 1.98. The molecule has 0 atom stereocenters. The number of carboxylic acid groups (broad SMARTS) is 1. The summed E-state index contributed by atoms with van der Waals surface area (Å²) < 4.78 is 5.73. The maximum atomic E-state index is 11.1. The van der Waals surface area contributed by atoms with E-state index < -0.39 is 5.97 Å². The topological polar surface area (TPSA) is 59.4 Å². The molecule has 0 fully saturated rings. The Bertz CT molecular complexity index is 672. The van der Waals surface area contributed by atoms with Crippen molar-refractivity contribution < 1.29 is 14.6 Å². The molecular weight excluding hydrogens is 266 g/mol. The van der Waals surface area contributed by atoms with Gasteiger partial charge in [-0.05, 0) is 41.7 Å². The summed E-state index contributed by atoms with van der Waals surface area (Å²) in [6.45, 7) is 8.38. The van der Waals surface area contributed by atoms with E-state index >= 15 is 0 Å². The van der Waals surface area contributed by atoms with Gasteiger partial charge in [-0.1, -0.05) is 32.9 Å². The highest BCUT2D eigenvalue weighted by atomic mass is 16.5. The Morgan fingerprint density at radius 2 is 1.90 bits per heavy atom. The van der Waals surface area contributed by atoms with Crippen molar-refractivity contribution in [2.45, 2.75) is 33.1 Å². The third-order valence-corrected chi connectivity index (χ3v) is 3.23. The lowest BCUT2D eigenvalue weighted by molar-refractivity contribution is 0.0687. The maximum absolute atomic E-state index is 11.1.